The van der Waals surface area contributed by atoms with E-state index in [0.29, 0.717) is 0 Å². The van der Waals surface area contributed by atoms with E-state index in [4.69, 9.17) is 9.90 Å². The van der Waals surface area contributed by atoms with Crippen LogP contribution >= 0.6 is 0 Å². The Kier molecular flexibility index (Phi) is 5.69. The number of aromatic nitrogens is 2. The van der Waals surface area contributed by atoms with Crippen LogP contribution in [0.4, 0.5) is 0 Å². The number of carbonyl (C=O) groups is 1. The fourth-order valence-electron chi connectivity index (χ4n) is 0.671. The summed E-state index contributed by atoms with van der Waals surface area (Å²) in [6.45, 7) is 3.22. The molecule has 2 N–H and O–H groups in total. The first kappa shape index (κ1) is 10.7. The Bertz CT molecular complexity index is 203. The summed E-state index contributed by atoms with van der Waals surface area (Å²) in [7, 11) is 0. The molecule has 1 aromatic rings. The Morgan fingerprint density at radius 1 is 1.75 bits per heavy atom. The first-order chi connectivity index (χ1) is 5.66. The molecule has 1 heterocycles. The van der Waals surface area contributed by atoms with Gasteiger partial charge in [-0.05, 0) is 6.42 Å². The van der Waals surface area contributed by atoms with E-state index in [1.54, 1.807) is 6.20 Å². The number of aliphatic carboxylic acids is 1. The molecule has 0 fully saturated rings. The molecule has 0 aliphatic heterocycles. The van der Waals surface area contributed by atoms with Crippen molar-refractivity contribution in [1.29, 1.82) is 0 Å². The van der Waals surface area contributed by atoms with E-state index in [0.717, 1.165) is 25.6 Å². The smallest absolute Gasteiger partial charge is 0.300 e. The summed E-state index contributed by atoms with van der Waals surface area (Å²) < 4.78 is 0. The van der Waals surface area contributed by atoms with Crippen molar-refractivity contribution in [1.82, 2.24) is 9.97 Å². The van der Waals surface area contributed by atoms with Gasteiger partial charge in [0.1, 0.15) is 5.82 Å². The molecule has 4 nitrogen and oxygen atoms in total. The first-order valence-electron chi connectivity index (χ1n) is 3.84. The van der Waals surface area contributed by atoms with Gasteiger partial charge in [0.25, 0.3) is 5.97 Å². The number of imidazole rings is 1. The Labute approximate surface area is 71.6 Å². The van der Waals surface area contributed by atoms with Crippen LogP contribution in [0.1, 0.15) is 26.1 Å². The molecule has 12 heavy (non-hydrogen) atoms. The third-order valence-corrected chi connectivity index (χ3v) is 1.04. The zero-order chi connectivity index (χ0) is 9.40. The highest BCUT2D eigenvalue weighted by Crippen LogP contribution is 1.91. The van der Waals surface area contributed by atoms with Crippen LogP contribution < -0.4 is 0 Å². The second kappa shape index (κ2) is 6.39. The number of nitrogens with one attached hydrogen (secondary N) is 1. The van der Waals surface area contributed by atoms with Gasteiger partial charge < -0.3 is 10.1 Å². The molecule has 0 unspecified atom stereocenters. The molecule has 0 aliphatic carbocycles. The van der Waals surface area contributed by atoms with Crippen LogP contribution in [-0.2, 0) is 11.2 Å². The van der Waals surface area contributed by atoms with Crippen molar-refractivity contribution in [2.75, 3.05) is 0 Å². The molecule has 0 atom stereocenters. The molecule has 0 aromatic carbocycles. The Morgan fingerprint density at radius 2 is 2.33 bits per heavy atom. The van der Waals surface area contributed by atoms with Gasteiger partial charge in [-0.15, -0.1) is 0 Å². The van der Waals surface area contributed by atoms with Gasteiger partial charge in [0, 0.05) is 25.7 Å². The van der Waals surface area contributed by atoms with E-state index >= 15 is 0 Å². The lowest BCUT2D eigenvalue weighted by atomic mass is 10.3. The maximum Gasteiger partial charge on any atom is 0.300 e. The van der Waals surface area contributed by atoms with Gasteiger partial charge in [-0.1, -0.05) is 6.92 Å². The summed E-state index contributed by atoms with van der Waals surface area (Å²) >= 11 is 0. The van der Waals surface area contributed by atoms with E-state index in [1.165, 1.54) is 0 Å². The van der Waals surface area contributed by atoms with Crippen LogP contribution in [0.3, 0.4) is 0 Å². The number of hydrogen-bond donors (Lipinski definition) is 2. The van der Waals surface area contributed by atoms with Gasteiger partial charge in [0.15, 0.2) is 0 Å². The fraction of sp³-hybridized carbons (Fsp3) is 0.500. The van der Waals surface area contributed by atoms with Crippen molar-refractivity contribution in [3.05, 3.63) is 18.2 Å². The second-order valence-electron chi connectivity index (χ2n) is 2.30. The molecular formula is C8H14N2O2. The van der Waals surface area contributed by atoms with Gasteiger partial charge in [0.2, 0.25) is 0 Å². The normalized spacial score (nSPS) is 8.50. The molecule has 0 amide bonds. The monoisotopic (exact) mass is 170 g/mol. The number of aromatic amines is 1. The standard InChI is InChI=1S/C6H10N2.C2H4O2/c1-2-3-6-7-4-5-8-6;1-2(3)4/h4-5H,2-3H2,1H3,(H,7,8);1H3,(H,3,4). The minimum atomic E-state index is -0.833. The number of carboxylic acid groups (broad SMARTS) is 1. The number of rotatable bonds is 2. The maximum absolute atomic E-state index is 9.00. The van der Waals surface area contributed by atoms with Crippen molar-refractivity contribution < 1.29 is 9.90 Å². The lowest BCUT2D eigenvalue weighted by molar-refractivity contribution is -0.134. The van der Waals surface area contributed by atoms with Gasteiger partial charge in [0.05, 0.1) is 0 Å². The van der Waals surface area contributed by atoms with Crippen molar-refractivity contribution in [3.8, 4) is 0 Å². The topological polar surface area (TPSA) is 66.0 Å². The quantitative estimate of drug-likeness (QED) is 0.706. The van der Waals surface area contributed by atoms with Gasteiger partial charge in [-0.25, -0.2) is 4.98 Å². The molecule has 4 heteroatoms. The molecule has 1 rings (SSSR count). The SMILES string of the molecule is CC(=O)O.CCCc1ncc[nH]1. The maximum atomic E-state index is 9.00. The summed E-state index contributed by atoms with van der Waals surface area (Å²) in [6.07, 6.45) is 5.86. The summed E-state index contributed by atoms with van der Waals surface area (Å²) in [5, 5.41) is 7.42. The average Bonchev–Trinajstić information content (AvgIpc) is 2.39. The molecule has 0 saturated heterocycles. The summed E-state index contributed by atoms with van der Waals surface area (Å²) in [6, 6.07) is 0. The number of hydrogen-bond acceptors (Lipinski definition) is 2. The van der Waals surface area contributed by atoms with Crippen LogP contribution in [0.15, 0.2) is 12.4 Å². The van der Waals surface area contributed by atoms with E-state index in [9.17, 15) is 0 Å². The van der Waals surface area contributed by atoms with E-state index in [1.807, 2.05) is 6.20 Å². The lowest BCUT2D eigenvalue weighted by Crippen LogP contribution is -1.83. The van der Waals surface area contributed by atoms with Crippen molar-refractivity contribution in [3.63, 3.8) is 0 Å². The zero-order valence-corrected chi connectivity index (χ0v) is 7.37. The Morgan fingerprint density at radius 3 is 2.67 bits per heavy atom. The highest BCUT2D eigenvalue weighted by molar-refractivity contribution is 5.62. The molecule has 1 aromatic heterocycles. The van der Waals surface area contributed by atoms with Crippen LogP contribution in [0.25, 0.3) is 0 Å². The van der Waals surface area contributed by atoms with E-state index in [2.05, 4.69) is 16.9 Å². The molecule has 0 saturated carbocycles. The van der Waals surface area contributed by atoms with Gasteiger partial charge in [-0.3, -0.25) is 4.79 Å². The summed E-state index contributed by atoms with van der Waals surface area (Å²) in [5.41, 5.74) is 0. The lowest BCUT2D eigenvalue weighted by Gasteiger charge is -1.85. The molecule has 0 spiro atoms. The molecule has 0 radical (unpaired) electrons. The molecule has 0 aliphatic rings. The van der Waals surface area contributed by atoms with Gasteiger partial charge in [-0.2, -0.15) is 0 Å². The van der Waals surface area contributed by atoms with Gasteiger partial charge >= 0.3 is 0 Å². The summed E-state index contributed by atoms with van der Waals surface area (Å²) in [4.78, 5) is 16.1. The molecule has 68 valence electrons. The average molecular weight is 170 g/mol. The van der Waals surface area contributed by atoms with Crippen LogP contribution in [0.5, 0.6) is 0 Å². The van der Waals surface area contributed by atoms with Crippen LogP contribution in [0.2, 0.25) is 0 Å². The highest BCUT2D eigenvalue weighted by Gasteiger charge is 1.87. The Balaban J connectivity index is 0.000000261. The minimum Gasteiger partial charge on any atom is -0.481 e. The second-order valence-corrected chi connectivity index (χ2v) is 2.30. The predicted octanol–water partition coefficient (Wildman–Crippen LogP) is 1.45. The predicted molar refractivity (Wildman–Crippen MR) is 45.9 cm³/mol. The van der Waals surface area contributed by atoms with Crippen LogP contribution in [-0.4, -0.2) is 21.0 Å². The zero-order valence-electron chi connectivity index (χ0n) is 7.37. The van der Waals surface area contributed by atoms with E-state index < -0.39 is 5.97 Å². The van der Waals surface area contributed by atoms with Crippen molar-refractivity contribution >= 4 is 5.97 Å². The molecular weight excluding hydrogens is 156 g/mol. The van der Waals surface area contributed by atoms with Crippen molar-refractivity contribution in [2.24, 2.45) is 0 Å². The first-order valence-corrected chi connectivity index (χ1v) is 3.84. The largest absolute Gasteiger partial charge is 0.481 e. The minimum absolute atomic E-state index is 0.833. The number of H-pyrrole nitrogens is 1. The third kappa shape index (κ3) is 6.80. The molecule has 0 bridgehead atoms. The number of aryl methyl sites for hydroxylation is 1. The summed E-state index contributed by atoms with van der Waals surface area (Å²) in [5.74, 6) is 0.257. The Hall–Kier alpha value is -1.32. The number of nitrogens with zero attached hydrogens (tertiary/aromatic N) is 1. The van der Waals surface area contributed by atoms with Crippen LogP contribution in [0, 0.1) is 0 Å². The highest BCUT2D eigenvalue weighted by atomic mass is 16.4. The van der Waals surface area contributed by atoms with Crippen molar-refractivity contribution in [2.45, 2.75) is 26.7 Å². The fourth-order valence-corrected chi connectivity index (χ4v) is 0.671. The third-order valence-electron chi connectivity index (χ3n) is 1.04. The number of carboxylic acids is 1. The van der Waals surface area contributed by atoms with E-state index in [-0.39, 0.29) is 0 Å².